The van der Waals surface area contributed by atoms with Crippen molar-refractivity contribution < 1.29 is 0 Å². The molecule has 0 aliphatic heterocycles. The van der Waals surface area contributed by atoms with Gasteiger partial charge in [-0.3, -0.25) is 4.79 Å². The van der Waals surface area contributed by atoms with Gasteiger partial charge in [-0.15, -0.1) is 0 Å². The van der Waals surface area contributed by atoms with E-state index in [1.165, 1.54) is 4.68 Å². The number of aryl methyl sites for hydroxylation is 2. The molecule has 0 aromatic carbocycles. The van der Waals surface area contributed by atoms with Gasteiger partial charge in [0.25, 0.3) is 5.56 Å². The molecule has 0 bridgehead atoms. The molecule has 1 N–H and O–H groups in total. The van der Waals surface area contributed by atoms with Gasteiger partial charge >= 0.3 is 0 Å². The van der Waals surface area contributed by atoms with Crippen molar-refractivity contribution in [2.75, 3.05) is 0 Å². The Hall–Kier alpha value is -2.61. The minimum absolute atomic E-state index is 0.129. The molecule has 2 aromatic rings. The number of aromatic nitrogens is 2. The van der Waals surface area contributed by atoms with Crippen LogP contribution in [-0.4, -0.2) is 15.9 Å². The highest BCUT2D eigenvalue weighted by atomic mass is 16.1. The van der Waals surface area contributed by atoms with Crippen molar-refractivity contribution in [3.05, 3.63) is 57.3 Å². The van der Waals surface area contributed by atoms with Crippen LogP contribution in [0, 0.1) is 25.2 Å². The van der Waals surface area contributed by atoms with Gasteiger partial charge in [0.2, 0.25) is 0 Å². The normalized spacial score (nSPS) is 10.7. The first-order valence-electron chi connectivity index (χ1n) is 5.44. The number of nitrogens with zero attached hydrogens (tertiary/aromatic N) is 3. The van der Waals surface area contributed by atoms with E-state index in [0.717, 1.165) is 5.69 Å². The molecule has 5 nitrogen and oxygen atoms in total. The van der Waals surface area contributed by atoms with E-state index < -0.39 is 5.56 Å². The SMILES string of the molecule is Cc1cc(C)n(N=Cc2ccc[nH]2)c(=O)c1C#N. The predicted molar refractivity (Wildman–Crippen MR) is 68.7 cm³/mol. The standard InChI is InChI=1S/C13H12N4O/c1-9-6-10(2)17(13(18)12(9)7-14)16-8-11-4-3-5-15-11/h3-6,8,15H,1-2H3. The van der Waals surface area contributed by atoms with Crippen LogP contribution in [0.3, 0.4) is 0 Å². The van der Waals surface area contributed by atoms with E-state index >= 15 is 0 Å². The highest BCUT2D eigenvalue weighted by Gasteiger charge is 2.08. The highest BCUT2D eigenvalue weighted by Crippen LogP contribution is 2.05. The molecule has 0 unspecified atom stereocenters. The third-order valence-corrected chi connectivity index (χ3v) is 2.61. The van der Waals surface area contributed by atoms with Gasteiger partial charge in [0.15, 0.2) is 0 Å². The van der Waals surface area contributed by atoms with Gasteiger partial charge in [-0.2, -0.15) is 10.4 Å². The molecule has 90 valence electrons. The minimum atomic E-state index is -0.391. The molecule has 0 saturated carbocycles. The van der Waals surface area contributed by atoms with Crippen LogP contribution < -0.4 is 5.56 Å². The molecule has 0 radical (unpaired) electrons. The summed E-state index contributed by atoms with van der Waals surface area (Å²) < 4.78 is 1.23. The maximum absolute atomic E-state index is 12.0. The van der Waals surface area contributed by atoms with Crippen LogP contribution in [0.1, 0.15) is 22.5 Å². The van der Waals surface area contributed by atoms with Gasteiger partial charge < -0.3 is 4.98 Å². The van der Waals surface area contributed by atoms with Gasteiger partial charge in [-0.25, -0.2) is 4.68 Å². The van der Waals surface area contributed by atoms with Crippen LogP contribution in [0.25, 0.3) is 0 Å². The zero-order valence-electron chi connectivity index (χ0n) is 10.1. The number of rotatable bonds is 2. The van der Waals surface area contributed by atoms with Crippen LogP contribution >= 0.6 is 0 Å². The average molecular weight is 240 g/mol. The smallest absolute Gasteiger partial charge is 0.289 e. The van der Waals surface area contributed by atoms with Crippen molar-refractivity contribution in [1.29, 1.82) is 5.26 Å². The fraction of sp³-hybridized carbons (Fsp3) is 0.154. The van der Waals surface area contributed by atoms with Crippen molar-refractivity contribution in [2.45, 2.75) is 13.8 Å². The van der Waals surface area contributed by atoms with E-state index in [1.54, 1.807) is 32.3 Å². The van der Waals surface area contributed by atoms with Gasteiger partial charge in [0, 0.05) is 11.9 Å². The number of H-pyrrole nitrogens is 1. The minimum Gasteiger partial charge on any atom is -0.360 e. The molecular weight excluding hydrogens is 228 g/mol. The lowest BCUT2D eigenvalue weighted by Gasteiger charge is -2.05. The van der Waals surface area contributed by atoms with E-state index in [9.17, 15) is 4.79 Å². The molecule has 2 aromatic heterocycles. The second kappa shape index (κ2) is 4.72. The maximum atomic E-state index is 12.0. The summed E-state index contributed by atoms with van der Waals surface area (Å²) in [5.74, 6) is 0. The van der Waals surface area contributed by atoms with Gasteiger partial charge in [0.1, 0.15) is 11.6 Å². The first-order valence-corrected chi connectivity index (χ1v) is 5.44. The lowest BCUT2D eigenvalue weighted by molar-refractivity contribution is 0.786. The summed E-state index contributed by atoms with van der Waals surface area (Å²) in [6.45, 7) is 3.52. The average Bonchev–Trinajstić information content (AvgIpc) is 2.81. The van der Waals surface area contributed by atoms with Crippen molar-refractivity contribution in [1.82, 2.24) is 9.66 Å². The zero-order valence-corrected chi connectivity index (χ0v) is 10.1. The van der Waals surface area contributed by atoms with Crippen molar-refractivity contribution in [3.63, 3.8) is 0 Å². The largest absolute Gasteiger partial charge is 0.360 e. The van der Waals surface area contributed by atoms with E-state index in [2.05, 4.69) is 10.1 Å². The Morgan fingerprint density at radius 3 is 2.89 bits per heavy atom. The zero-order chi connectivity index (χ0) is 13.1. The topological polar surface area (TPSA) is 73.9 Å². The third kappa shape index (κ3) is 2.09. The number of hydrogen-bond donors (Lipinski definition) is 1. The number of hydrogen-bond acceptors (Lipinski definition) is 3. The first kappa shape index (κ1) is 11.9. The molecule has 5 heteroatoms. The molecule has 0 saturated heterocycles. The number of aromatic amines is 1. The summed E-state index contributed by atoms with van der Waals surface area (Å²) in [7, 11) is 0. The molecule has 0 aliphatic carbocycles. The van der Waals surface area contributed by atoms with E-state index in [-0.39, 0.29) is 5.56 Å². The summed E-state index contributed by atoms with van der Waals surface area (Å²) in [5.41, 5.74) is 1.90. The quantitative estimate of drug-likeness (QED) is 0.809. The Bertz CT molecular complexity index is 687. The summed E-state index contributed by atoms with van der Waals surface area (Å²) >= 11 is 0. The lowest BCUT2D eigenvalue weighted by Crippen LogP contribution is -2.22. The summed E-state index contributed by atoms with van der Waals surface area (Å²) in [6.07, 6.45) is 3.32. The fourth-order valence-electron chi connectivity index (χ4n) is 1.71. The van der Waals surface area contributed by atoms with Crippen molar-refractivity contribution in [2.24, 2.45) is 5.10 Å². The molecule has 0 atom stereocenters. The van der Waals surface area contributed by atoms with Crippen molar-refractivity contribution >= 4 is 6.21 Å². The van der Waals surface area contributed by atoms with E-state index in [0.29, 0.717) is 11.3 Å². The fourth-order valence-corrected chi connectivity index (χ4v) is 1.71. The Balaban J connectivity index is 2.53. The number of nitrogens with one attached hydrogen (secondary N) is 1. The third-order valence-electron chi connectivity index (χ3n) is 2.61. The molecule has 0 fully saturated rings. The monoisotopic (exact) mass is 240 g/mol. The van der Waals surface area contributed by atoms with Crippen LogP contribution in [0.5, 0.6) is 0 Å². The van der Waals surface area contributed by atoms with Crippen LogP contribution in [0.15, 0.2) is 34.3 Å². The number of pyridine rings is 1. The Kier molecular flexibility index (Phi) is 3.11. The molecule has 18 heavy (non-hydrogen) atoms. The molecular formula is C13H12N4O. The predicted octanol–water partition coefficient (Wildman–Crippen LogP) is 1.55. The Morgan fingerprint density at radius 1 is 1.50 bits per heavy atom. The maximum Gasteiger partial charge on any atom is 0.289 e. The summed E-state index contributed by atoms with van der Waals surface area (Å²) in [5, 5.41) is 13.0. The summed E-state index contributed by atoms with van der Waals surface area (Å²) in [6, 6.07) is 7.36. The second-order valence-electron chi connectivity index (χ2n) is 3.94. The molecule has 0 aliphatic rings. The molecule has 2 rings (SSSR count). The first-order chi connectivity index (χ1) is 8.63. The second-order valence-corrected chi connectivity index (χ2v) is 3.94. The number of nitriles is 1. The molecule has 2 heterocycles. The van der Waals surface area contributed by atoms with Crippen LogP contribution in [0.2, 0.25) is 0 Å². The van der Waals surface area contributed by atoms with Gasteiger partial charge in [-0.05, 0) is 37.6 Å². The molecule has 0 amide bonds. The van der Waals surface area contributed by atoms with E-state index in [4.69, 9.17) is 5.26 Å². The summed E-state index contributed by atoms with van der Waals surface area (Å²) in [4.78, 5) is 15.0. The Morgan fingerprint density at radius 2 is 2.28 bits per heavy atom. The van der Waals surface area contributed by atoms with Crippen LogP contribution in [0.4, 0.5) is 0 Å². The highest BCUT2D eigenvalue weighted by molar-refractivity contribution is 5.76. The van der Waals surface area contributed by atoms with Crippen molar-refractivity contribution in [3.8, 4) is 6.07 Å². The van der Waals surface area contributed by atoms with Gasteiger partial charge in [-0.1, -0.05) is 0 Å². The molecule has 0 spiro atoms. The van der Waals surface area contributed by atoms with Crippen LogP contribution in [-0.2, 0) is 0 Å². The van der Waals surface area contributed by atoms with E-state index in [1.807, 2.05) is 18.2 Å². The Labute approximate surface area is 104 Å². The van der Waals surface area contributed by atoms with Gasteiger partial charge in [0.05, 0.1) is 11.9 Å². The lowest BCUT2D eigenvalue weighted by atomic mass is 10.1.